The number of nitrogens with one attached hydrogen (secondary N) is 1. The van der Waals surface area contributed by atoms with Gasteiger partial charge in [-0.2, -0.15) is 0 Å². The first-order valence-corrected chi connectivity index (χ1v) is 10.5. The average molecular weight is 432 g/mol. The standard InChI is InChI=1S/C22H24N8O2/c1-15-4-6-17(32-15)12-25-21(31)16-5-7-19-26-27-20(30(19)13-16)18-14-29(11-10-28(18)2)22-23-8-3-9-24-22/h3-9,13,18H,10-12,14H2,1-2H3,(H,25,31)/t18-/m1/s1. The lowest BCUT2D eigenvalue weighted by Crippen LogP contribution is -2.47. The van der Waals surface area contributed by atoms with E-state index in [0.29, 0.717) is 36.0 Å². The summed E-state index contributed by atoms with van der Waals surface area (Å²) >= 11 is 0. The number of furan rings is 1. The fourth-order valence-electron chi connectivity index (χ4n) is 3.91. The number of anilines is 1. The number of aromatic nitrogens is 5. The maximum atomic E-state index is 12.7. The Morgan fingerprint density at radius 1 is 1.16 bits per heavy atom. The summed E-state index contributed by atoms with van der Waals surface area (Å²) in [6.45, 7) is 4.54. The normalized spacial score (nSPS) is 17.1. The molecule has 4 aromatic heterocycles. The van der Waals surface area contributed by atoms with E-state index in [1.807, 2.05) is 35.6 Å². The molecule has 0 aromatic carbocycles. The van der Waals surface area contributed by atoms with Crippen LogP contribution in [0.3, 0.4) is 0 Å². The van der Waals surface area contributed by atoms with E-state index in [2.05, 4.69) is 42.3 Å². The molecule has 5 heterocycles. The van der Waals surface area contributed by atoms with E-state index in [1.165, 1.54) is 0 Å². The van der Waals surface area contributed by atoms with Gasteiger partial charge in [0.2, 0.25) is 5.95 Å². The van der Waals surface area contributed by atoms with Crippen molar-refractivity contribution < 1.29 is 9.21 Å². The van der Waals surface area contributed by atoms with Crippen molar-refractivity contribution in [2.24, 2.45) is 0 Å². The number of piperazine rings is 1. The van der Waals surface area contributed by atoms with Crippen LogP contribution >= 0.6 is 0 Å². The first-order chi connectivity index (χ1) is 15.6. The molecule has 0 spiro atoms. The number of hydrogen-bond donors (Lipinski definition) is 1. The number of carbonyl (C=O) groups excluding carboxylic acids is 1. The van der Waals surface area contributed by atoms with Crippen LogP contribution < -0.4 is 10.2 Å². The minimum Gasteiger partial charge on any atom is -0.465 e. The number of hydrogen-bond acceptors (Lipinski definition) is 8. The van der Waals surface area contributed by atoms with Gasteiger partial charge in [0.05, 0.1) is 18.2 Å². The molecular formula is C22H24N8O2. The topological polar surface area (TPSA) is 105 Å². The van der Waals surface area contributed by atoms with E-state index in [9.17, 15) is 4.79 Å². The average Bonchev–Trinajstić information content (AvgIpc) is 3.44. The van der Waals surface area contributed by atoms with E-state index < -0.39 is 0 Å². The largest absolute Gasteiger partial charge is 0.465 e. The van der Waals surface area contributed by atoms with Gasteiger partial charge < -0.3 is 14.6 Å². The summed E-state index contributed by atoms with van der Waals surface area (Å²) in [5, 5.41) is 11.7. The van der Waals surface area contributed by atoms with Crippen LogP contribution in [0.1, 0.15) is 33.7 Å². The van der Waals surface area contributed by atoms with Crippen molar-refractivity contribution in [3.05, 3.63) is 71.8 Å². The van der Waals surface area contributed by atoms with E-state index in [4.69, 9.17) is 4.42 Å². The smallest absolute Gasteiger partial charge is 0.253 e. The van der Waals surface area contributed by atoms with Crippen molar-refractivity contribution in [2.45, 2.75) is 19.5 Å². The van der Waals surface area contributed by atoms with Crippen molar-refractivity contribution in [1.82, 2.24) is 34.8 Å². The molecule has 32 heavy (non-hydrogen) atoms. The highest BCUT2D eigenvalue weighted by molar-refractivity contribution is 5.94. The molecule has 4 aromatic rings. The Hall–Kier alpha value is -3.79. The summed E-state index contributed by atoms with van der Waals surface area (Å²) < 4.78 is 7.42. The first-order valence-electron chi connectivity index (χ1n) is 10.5. The third kappa shape index (κ3) is 3.92. The molecular weight excluding hydrogens is 408 g/mol. The highest BCUT2D eigenvalue weighted by Crippen LogP contribution is 2.25. The minimum absolute atomic E-state index is 0.0213. The van der Waals surface area contributed by atoms with Gasteiger partial charge in [-0.25, -0.2) is 9.97 Å². The molecule has 0 radical (unpaired) electrons. The predicted octanol–water partition coefficient (Wildman–Crippen LogP) is 1.84. The fourth-order valence-corrected chi connectivity index (χ4v) is 3.91. The number of likely N-dealkylation sites (N-methyl/N-ethyl adjacent to an activating group) is 1. The van der Waals surface area contributed by atoms with Crippen LogP contribution in [0.25, 0.3) is 5.65 Å². The Balaban J connectivity index is 1.38. The highest BCUT2D eigenvalue weighted by atomic mass is 16.3. The molecule has 10 heteroatoms. The molecule has 1 fully saturated rings. The molecule has 1 saturated heterocycles. The molecule has 1 aliphatic heterocycles. The zero-order valence-electron chi connectivity index (χ0n) is 18.0. The summed E-state index contributed by atoms with van der Waals surface area (Å²) in [5.74, 6) is 2.83. The molecule has 5 rings (SSSR count). The first kappa shape index (κ1) is 20.1. The monoisotopic (exact) mass is 432 g/mol. The lowest BCUT2D eigenvalue weighted by Gasteiger charge is -2.38. The Morgan fingerprint density at radius 2 is 2.00 bits per heavy atom. The van der Waals surface area contributed by atoms with Crippen molar-refractivity contribution in [3.63, 3.8) is 0 Å². The molecule has 164 valence electrons. The Morgan fingerprint density at radius 3 is 2.78 bits per heavy atom. The van der Waals surface area contributed by atoms with Gasteiger partial charge >= 0.3 is 0 Å². The zero-order chi connectivity index (χ0) is 22.1. The van der Waals surface area contributed by atoms with Crippen LogP contribution in [0.4, 0.5) is 5.95 Å². The van der Waals surface area contributed by atoms with Crippen LogP contribution in [0.15, 0.2) is 53.3 Å². The molecule has 0 aliphatic carbocycles. The third-order valence-corrected chi connectivity index (χ3v) is 5.69. The molecule has 0 saturated carbocycles. The Kier molecular flexibility index (Phi) is 5.28. The summed E-state index contributed by atoms with van der Waals surface area (Å²) in [6, 6.07) is 9.09. The number of nitrogens with zero attached hydrogens (tertiary/aromatic N) is 7. The van der Waals surface area contributed by atoms with Crippen LogP contribution in [-0.4, -0.2) is 62.1 Å². The SMILES string of the molecule is Cc1ccc(CNC(=O)c2ccc3nnc([C@H]4CN(c5ncccn5)CCN4C)n3c2)o1. The van der Waals surface area contributed by atoms with Gasteiger partial charge in [-0.05, 0) is 44.3 Å². The van der Waals surface area contributed by atoms with Gasteiger partial charge in [0, 0.05) is 38.2 Å². The second kappa shape index (κ2) is 8.39. The van der Waals surface area contributed by atoms with Crippen LogP contribution in [-0.2, 0) is 6.54 Å². The Labute approximate surface area is 184 Å². The van der Waals surface area contributed by atoms with Crippen molar-refractivity contribution >= 4 is 17.5 Å². The van der Waals surface area contributed by atoms with Gasteiger partial charge in [-0.15, -0.1) is 10.2 Å². The van der Waals surface area contributed by atoms with Crippen molar-refractivity contribution in [1.29, 1.82) is 0 Å². The van der Waals surface area contributed by atoms with E-state index in [-0.39, 0.29) is 11.9 Å². The maximum Gasteiger partial charge on any atom is 0.253 e. The molecule has 1 aliphatic rings. The van der Waals surface area contributed by atoms with Crippen molar-refractivity contribution in [2.75, 3.05) is 31.6 Å². The quantitative estimate of drug-likeness (QED) is 0.509. The molecule has 1 atom stereocenters. The molecule has 10 nitrogen and oxygen atoms in total. The summed E-state index contributed by atoms with van der Waals surface area (Å²) in [4.78, 5) is 25.9. The zero-order valence-corrected chi connectivity index (χ0v) is 18.0. The number of aryl methyl sites for hydroxylation is 1. The fraction of sp³-hybridized carbons (Fsp3) is 0.318. The Bertz CT molecular complexity index is 1240. The van der Waals surface area contributed by atoms with Gasteiger partial charge in [0.1, 0.15) is 11.5 Å². The summed E-state index contributed by atoms with van der Waals surface area (Å²) in [7, 11) is 2.07. The molecule has 0 bridgehead atoms. The van der Waals surface area contributed by atoms with Gasteiger partial charge in [-0.1, -0.05) is 0 Å². The van der Waals surface area contributed by atoms with Crippen LogP contribution in [0, 0.1) is 6.92 Å². The second-order valence-corrected chi connectivity index (χ2v) is 7.89. The maximum absolute atomic E-state index is 12.7. The predicted molar refractivity (Wildman–Crippen MR) is 117 cm³/mol. The van der Waals surface area contributed by atoms with Gasteiger partial charge in [0.25, 0.3) is 5.91 Å². The number of fused-ring (bicyclic) bond motifs is 1. The number of amides is 1. The summed E-state index contributed by atoms with van der Waals surface area (Å²) in [6.07, 6.45) is 5.29. The highest BCUT2D eigenvalue weighted by Gasteiger charge is 2.30. The number of pyridine rings is 1. The molecule has 0 unspecified atom stereocenters. The third-order valence-electron chi connectivity index (χ3n) is 5.69. The van der Waals surface area contributed by atoms with Crippen LogP contribution in [0.5, 0.6) is 0 Å². The molecule has 1 amide bonds. The lowest BCUT2D eigenvalue weighted by atomic mass is 10.1. The summed E-state index contributed by atoms with van der Waals surface area (Å²) in [5.41, 5.74) is 1.23. The van der Waals surface area contributed by atoms with Crippen LogP contribution in [0.2, 0.25) is 0 Å². The number of rotatable bonds is 5. The van der Waals surface area contributed by atoms with E-state index >= 15 is 0 Å². The van der Waals surface area contributed by atoms with E-state index in [1.54, 1.807) is 24.7 Å². The minimum atomic E-state index is -0.183. The van der Waals surface area contributed by atoms with Gasteiger partial charge in [-0.3, -0.25) is 14.1 Å². The number of carbonyl (C=O) groups is 1. The lowest BCUT2D eigenvalue weighted by molar-refractivity contribution is 0.0947. The van der Waals surface area contributed by atoms with E-state index in [0.717, 1.165) is 24.7 Å². The van der Waals surface area contributed by atoms with Gasteiger partial charge in [0.15, 0.2) is 11.5 Å². The van der Waals surface area contributed by atoms with Crippen molar-refractivity contribution in [3.8, 4) is 0 Å². The molecule has 1 N–H and O–H groups in total. The second-order valence-electron chi connectivity index (χ2n) is 7.89.